The van der Waals surface area contributed by atoms with Gasteiger partial charge < -0.3 is 4.90 Å². The Hall–Kier alpha value is -2.16. The second-order valence-corrected chi connectivity index (χ2v) is 5.10. The van der Waals surface area contributed by atoms with Crippen LogP contribution in [0.2, 0.25) is 0 Å². The van der Waals surface area contributed by atoms with Gasteiger partial charge in [0, 0.05) is 30.8 Å². The van der Waals surface area contributed by atoms with Crippen LogP contribution in [0.15, 0.2) is 48.5 Å². The van der Waals surface area contributed by atoms with E-state index < -0.39 is 0 Å². The maximum absolute atomic E-state index is 12.9. The average Bonchev–Trinajstić information content (AvgIpc) is 2.50. The summed E-state index contributed by atoms with van der Waals surface area (Å²) in [6, 6.07) is 14.0. The number of aryl methyl sites for hydroxylation is 1. The number of rotatable bonds is 6. The van der Waals surface area contributed by atoms with Crippen LogP contribution in [0.5, 0.6) is 0 Å². The van der Waals surface area contributed by atoms with E-state index in [2.05, 4.69) is 43.0 Å². The Bertz CT molecular complexity index is 590. The lowest BCUT2D eigenvalue weighted by molar-refractivity contribution is 0.0984. The summed E-state index contributed by atoms with van der Waals surface area (Å²) in [5.74, 6) is -0.276. The molecule has 0 bridgehead atoms. The van der Waals surface area contributed by atoms with Crippen molar-refractivity contribution in [2.24, 2.45) is 0 Å². The molecule has 0 N–H and O–H groups in total. The number of carbonyl (C=O) groups excluding carboxylic acids is 1. The van der Waals surface area contributed by atoms with Crippen LogP contribution in [0, 0.1) is 12.7 Å². The molecule has 3 heteroatoms. The van der Waals surface area contributed by atoms with E-state index in [-0.39, 0.29) is 11.6 Å². The van der Waals surface area contributed by atoms with Gasteiger partial charge in [0.25, 0.3) is 0 Å². The SMILES string of the molecule is CCN(CCC(=O)c1ccc(F)cc1)c1ccc(C)cc1. The molecule has 0 aliphatic carbocycles. The van der Waals surface area contributed by atoms with E-state index >= 15 is 0 Å². The summed E-state index contributed by atoms with van der Waals surface area (Å²) < 4.78 is 12.9. The van der Waals surface area contributed by atoms with E-state index in [1.165, 1.54) is 17.7 Å². The van der Waals surface area contributed by atoms with Crippen LogP contribution in [-0.2, 0) is 0 Å². The molecule has 2 nitrogen and oxygen atoms in total. The number of carbonyl (C=O) groups is 1. The lowest BCUT2D eigenvalue weighted by atomic mass is 10.1. The molecule has 2 aromatic carbocycles. The molecule has 0 aliphatic heterocycles. The molecule has 0 saturated carbocycles. The predicted octanol–water partition coefficient (Wildman–Crippen LogP) is 4.23. The molecule has 0 amide bonds. The summed E-state index contributed by atoms with van der Waals surface area (Å²) in [6.07, 6.45) is 0.424. The molecule has 2 aromatic rings. The van der Waals surface area contributed by atoms with Crippen LogP contribution in [0.3, 0.4) is 0 Å². The molecular weight excluding hydrogens is 265 g/mol. The molecule has 0 saturated heterocycles. The minimum Gasteiger partial charge on any atom is -0.371 e. The maximum Gasteiger partial charge on any atom is 0.164 e. The number of Topliss-reactive ketones (excluding diaryl/α,β-unsaturated/α-hetero) is 1. The number of nitrogens with zero attached hydrogens (tertiary/aromatic N) is 1. The van der Waals surface area contributed by atoms with E-state index in [0.717, 1.165) is 12.2 Å². The fraction of sp³-hybridized carbons (Fsp3) is 0.278. The summed E-state index contributed by atoms with van der Waals surface area (Å²) in [4.78, 5) is 14.3. The third-order valence-corrected chi connectivity index (χ3v) is 3.56. The van der Waals surface area contributed by atoms with Gasteiger partial charge >= 0.3 is 0 Å². The second kappa shape index (κ2) is 7.02. The Morgan fingerprint density at radius 1 is 1.05 bits per heavy atom. The van der Waals surface area contributed by atoms with Crippen molar-refractivity contribution in [3.05, 3.63) is 65.5 Å². The Kier molecular flexibility index (Phi) is 5.09. The molecular formula is C18H20FNO. The Labute approximate surface area is 125 Å². The fourth-order valence-electron chi connectivity index (χ4n) is 2.24. The average molecular weight is 285 g/mol. The van der Waals surface area contributed by atoms with Gasteiger partial charge in [-0.3, -0.25) is 4.79 Å². The smallest absolute Gasteiger partial charge is 0.164 e. The molecule has 2 rings (SSSR count). The largest absolute Gasteiger partial charge is 0.371 e. The van der Waals surface area contributed by atoms with Gasteiger partial charge in [-0.05, 0) is 50.2 Å². The van der Waals surface area contributed by atoms with E-state index in [9.17, 15) is 9.18 Å². The number of hydrogen-bond acceptors (Lipinski definition) is 2. The summed E-state index contributed by atoms with van der Waals surface area (Å²) in [7, 11) is 0. The number of anilines is 1. The number of halogens is 1. The predicted molar refractivity (Wildman–Crippen MR) is 84.4 cm³/mol. The van der Waals surface area contributed by atoms with Crippen LogP contribution in [0.25, 0.3) is 0 Å². The van der Waals surface area contributed by atoms with Gasteiger partial charge in [0.05, 0.1) is 0 Å². The first-order valence-corrected chi connectivity index (χ1v) is 7.20. The molecule has 0 atom stereocenters. The minimum absolute atomic E-state index is 0.0422. The lowest BCUT2D eigenvalue weighted by Gasteiger charge is -2.23. The lowest BCUT2D eigenvalue weighted by Crippen LogP contribution is -2.25. The standard InChI is InChI=1S/C18H20FNO/c1-3-20(17-10-4-14(2)5-11-17)13-12-18(21)15-6-8-16(19)9-7-15/h4-11H,3,12-13H2,1-2H3. The van der Waals surface area contributed by atoms with E-state index in [1.807, 2.05) is 0 Å². The molecule has 0 aromatic heterocycles. The zero-order valence-corrected chi connectivity index (χ0v) is 12.5. The Balaban J connectivity index is 1.98. The third-order valence-electron chi connectivity index (χ3n) is 3.56. The zero-order valence-electron chi connectivity index (χ0n) is 12.5. The molecule has 0 fully saturated rings. The quantitative estimate of drug-likeness (QED) is 0.740. The van der Waals surface area contributed by atoms with E-state index in [1.54, 1.807) is 12.1 Å². The number of hydrogen-bond donors (Lipinski definition) is 0. The van der Waals surface area contributed by atoms with Crippen molar-refractivity contribution >= 4 is 11.5 Å². The first kappa shape index (κ1) is 15.2. The van der Waals surface area contributed by atoms with Crippen LogP contribution >= 0.6 is 0 Å². The summed E-state index contributed by atoms with van der Waals surface area (Å²) in [5.41, 5.74) is 2.91. The maximum atomic E-state index is 12.9. The molecule has 0 aliphatic rings. The topological polar surface area (TPSA) is 20.3 Å². The second-order valence-electron chi connectivity index (χ2n) is 5.10. The van der Waals surface area contributed by atoms with Crippen LogP contribution in [0.4, 0.5) is 10.1 Å². The molecule has 0 radical (unpaired) electrons. The molecule has 0 unspecified atom stereocenters. The van der Waals surface area contributed by atoms with Gasteiger partial charge in [0.2, 0.25) is 0 Å². The van der Waals surface area contributed by atoms with Crippen LogP contribution in [0.1, 0.15) is 29.3 Å². The number of ketones is 1. The van der Waals surface area contributed by atoms with Crippen molar-refractivity contribution in [1.82, 2.24) is 0 Å². The minimum atomic E-state index is -0.318. The van der Waals surface area contributed by atoms with Crippen molar-refractivity contribution < 1.29 is 9.18 Å². The van der Waals surface area contributed by atoms with Gasteiger partial charge in [0.15, 0.2) is 5.78 Å². The molecule has 0 heterocycles. The van der Waals surface area contributed by atoms with Crippen LogP contribution < -0.4 is 4.90 Å². The van der Waals surface area contributed by atoms with Gasteiger partial charge in [-0.15, -0.1) is 0 Å². The Morgan fingerprint density at radius 3 is 2.24 bits per heavy atom. The highest BCUT2D eigenvalue weighted by Gasteiger charge is 2.09. The van der Waals surface area contributed by atoms with Crippen molar-refractivity contribution in [2.45, 2.75) is 20.3 Å². The highest BCUT2D eigenvalue weighted by molar-refractivity contribution is 5.96. The van der Waals surface area contributed by atoms with Gasteiger partial charge in [0.1, 0.15) is 5.82 Å². The summed E-state index contributed by atoms with van der Waals surface area (Å²) in [5, 5.41) is 0. The van der Waals surface area contributed by atoms with Gasteiger partial charge in [-0.25, -0.2) is 4.39 Å². The molecule has 110 valence electrons. The first-order chi connectivity index (χ1) is 10.1. The van der Waals surface area contributed by atoms with Crippen molar-refractivity contribution in [3.8, 4) is 0 Å². The summed E-state index contributed by atoms with van der Waals surface area (Å²) in [6.45, 7) is 5.63. The van der Waals surface area contributed by atoms with E-state index in [4.69, 9.17) is 0 Å². The highest BCUT2D eigenvalue weighted by Crippen LogP contribution is 2.16. The monoisotopic (exact) mass is 285 g/mol. The van der Waals surface area contributed by atoms with Crippen molar-refractivity contribution in [1.29, 1.82) is 0 Å². The zero-order chi connectivity index (χ0) is 15.2. The van der Waals surface area contributed by atoms with Gasteiger partial charge in [-0.1, -0.05) is 17.7 Å². The Morgan fingerprint density at radius 2 is 1.67 bits per heavy atom. The van der Waals surface area contributed by atoms with E-state index in [0.29, 0.717) is 18.5 Å². The molecule has 0 spiro atoms. The number of benzene rings is 2. The first-order valence-electron chi connectivity index (χ1n) is 7.20. The third kappa shape index (κ3) is 4.15. The van der Waals surface area contributed by atoms with Crippen molar-refractivity contribution in [3.63, 3.8) is 0 Å². The summed E-state index contributed by atoms with van der Waals surface area (Å²) >= 11 is 0. The van der Waals surface area contributed by atoms with Crippen LogP contribution in [-0.4, -0.2) is 18.9 Å². The van der Waals surface area contributed by atoms with Gasteiger partial charge in [-0.2, -0.15) is 0 Å². The molecule has 21 heavy (non-hydrogen) atoms. The normalized spacial score (nSPS) is 10.4. The highest BCUT2D eigenvalue weighted by atomic mass is 19.1. The fourth-order valence-corrected chi connectivity index (χ4v) is 2.24. The van der Waals surface area contributed by atoms with Crippen molar-refractivity contribution in [2.75, 3.05) is 18.0 Å².